The van der Waals surface area contributed by atoms with Crippen LogP contribution in [0.4, 0.5) is 5.69 Å². The van der Waals surface area contributed by atoms with Crippen molar-refractivity contribution < 1.29 is 18.0 Å². The quantitative estimate of drug-likeness (QED) is 0.877. The van der Waals surface area contributed by atoms with Crippen LogP contribution < -0.4 is 10.0 Å². The zero-order chi connectivity index (χ0) is 17.3. The van der Waals surface area contributed by atoms with Gasteiger partial charge in [-0.2, -0.15) is 0 Å². The molecule has 2 amide bonds. The third-order valence-electron chi connectivity index (χ3n) is 3.91. The highest BCUT2D eigenvalue weighted by Crippen LogP contribution is 2.25. The summed E-state index contributed by atoms with van der Waals surface area (Å²) in [5, 5.41) is 2.75. The summed E-state index contributed by atoms with van der Waals surface area (Å²) in [6.07, 6.45) is 3.31. The molecule has 0 radical (unpaired) electrons. The summed E-state index contributed by atoms with van der Waals surface area (Å²) in [5.41, 5.74) is 1.61. The highest BCUT2D eigenvalue weighted by molar-refractivity contribution is 7.90. The number of nitrogens with zero attached hydrogens (tertiary/aromatic N) is 1. The fourth-order valence-corrected chi connectivity index (χ4v) is 3.66. The summed E-state index contributed by atoms with van der Waals surface area (Å²) in [7, 11) is -2.33. The Hall–Kier alpha value is -2.61. The molecule has 1 aliphatic rings. The van der Waals surface area contributed by atoms with Crippen molar-refractivity contribution in [3.05, 3.63) is 47.8 Å². The highest BCUT2D eigenvalue weighted by Gasteiger charge is 2.22. The second kappa shape index (κ2) is 6.12. The van der Waals surface area contributed by atoms with Gasteiger partial charge in [-0.05, 0) is 48.7 Å². The molecule has 2 aromatic rings. The average Bonchev–Trinajstić information content (AvgIpc) is 2.85. The largest absolute Gasteiger partial charge is 0.347 e. The van der Waals surface area contributed by atoms with Crippen molar-refractivity contribution in [3.63, 3.8) is 0 Å². The van der Waals surface area contributed by atoms with Crippen molar-refractivity contribution in [2.75, 3.05) is 5.32 Å². The summed E-state index contributed by atoms with van der Waals surface area (Å²) in [6, 6.07) is 7.64. The maximum atomic E-state index is 12.5. The van der Waals surface area contributed by atoms with Gasteiger partial charge in [0.05, 0.1) is 4.90 Å². The van der Waals surface area contributed by atoms with E-state index in [0.29, 0.717) is 24.9 Å². The molecule has 8 heteroatoms. The number of hydrogen-bond acceptors (Lipinski definition) is 4. The van der Waals surface area contributed by atoms with Crippen molar-refractivity contribution in [2.45, 2.75) is 24.2 Å². The monoisotopic (exact) mass is 347 g/mol. The van der Waals surface area contributed by atoms with Gasteiger partial charge in [0.2, 0.25) is 5.91 Å². The van der Waals surface area contributed by atoms with Gasteiger partial charge < -0.3 is 9.88 Å². The molecule has 3 rings (SSSR count). The van der Waals surface area contributed by atoms with Gasteiger partial charge in [-0.3, -0.25) is 9.59 Å². The van der Waals surface area contributed by atoms with Crippen molar-refractivity contribution in [1.29, 1.82) is 0 Å². The van der Waals surface area contributed by atoms with E-state index in [1.165, 1.54) is 22.8 Å². The van der Waals surface area contributed by atoms with E-state index in [4.69, 9.17) is 0 Å². The summed E-state index contributed by atoms with van der Waals surface area (Å²) < 4.78 is 28.5. The number of carbonyl (C=O) groups excluding carboxylic acids is 2. The van der Waals surface area contributed by atoms with Gasteiger partial charge in [0, 0.05) is 25.4 Å². The molecular weight excluding hydrogens is 330 g/mol. The van der Waals surface area contributed by atoms with Gasteiger partial charge in [0.25, 0.3) is 15.9 Å². The number of rotatable bonds is 3. The molecule has 24 heavy (non-hydrogen) atoms. The summed E-state index contributed by atoms with van der Waals surface area (Å²) in [5.74, 6) is -0.771. The fourth-order valence-electron chi connectivity index (χ4n) is 2.65. The van der Waals surface area contributed by atoms with Gasteiger partial charge in [0.1, 0.15) is 5.69 Å². The lowest BCUT2D eigenvalue weighted by atomic mass is 10.1. The first-order chi connectivity index (χ1) is 11.4. The number of benzene rings is 1. The van der Waals surface area contributed by atoms with E-state index in [1.807, 2.05) is 0 Å². The van der Waals surface area contributed by atoms with E-state index >= 15 is 0 Å². The van der Waals surface area contributed by atoms with E-state index in [1.54, 1.807) is 25.4 Å². The zero-order valence-electron chi connectivity index (χ0n) is 13.1. The minimum atomic E-state index is -3.99. The number of aromatic nitrogens is 1. The number of amides is 2. The van der Waals surface area contributed by atoms with Crippen LogP contribution in [0.15, 0.2) is 41.4 Å². The lowest BCUT2D eigenvalue weighted by Gasteiger charge is -2.11. The molecule has 7 nitrogen and oxygen atoms in total. The van der Waals surface area contributed by atoms with E-state index < -0.39 is 15.9 Å². The van der Waals surface area contributed by atoms with Gasteiger partial charge in [0.15, 0.2) is 0 Å². The Balaban J connectivity index is 1.88. The van der Waals surface area contributed by atoms with Crippen LogP contribution >= 0.6 is 0 Å². The number of aryl methyl sites for hydroxylation is 2. The molecule has 1 aliphatic heterocycles. The third-order valence-corrected chi connectivity index (χ3v) is 5.24. The first kappa shape index (κ1) is 16.3. The lowest BCUT2D eigenvalue weighted by molar-refractivity contribution is -0.116. The van der Waals surface area contributed by atoms with Crippen molar-refractivity contribution in [3.8, 4) is 0 Å². The normalized spacial score (nSPS) is 14.5. The number of sulfonamides is 1. The Bertz CT molecular complexity index is 915. The topological polar surface area (TPSA) is 97.3 Å². The number of fused-ring (bicyclic) bond motifs is 1. The van der Waals surface area contributed by atoms with Crippen LogP contribution in [-0.4, -0.2) is 24.8 Å². The minimum Gasteiger partial charge on any atom is -0.347 e. The Kier molecular flexibility index (Phi) is 4.15. The SMILES string of the molecule is Cn1cccc1C(=O)NS(=O)(=O)c1ccc2c(c1)CCCC(=O)N2. The number of nitrogens with one attached hydrogen (secondary N) is 2. The smallest absolute Gasteiger partial charge is 0.281 e. The van der Waals surface area contributed by atoms with Gasteiger partial charge in [-0.1, -0.05) is 0 Å². The Morgan fingerprint density at radius 2 is 2.04 bits per heavy atom. The first-order valence-corrected chi connectivity index (χ1v) is 8.96. The molecule has 0 spiro atoms. The zero-order valence-corrected chi connectivity index (χ0v) is 13.9. The molecule has 2 heterocycles. The standard InChI is InChI=1S/C16H17N3O4S/c1-19-9-3-5-14(19)16(21)18-24(22,23)12-7-8-13-11(10-12)4-2-6-15(20)17-13/h3,5,7-10H,2,4,6H2,1H3,(H,17,20)(H,18,21). The van der Waals surface area contributed by atoms with Crippen molar-refractivity contribution in [2.24, 2.45) is 7.05 Å². The van der Waals surface area contributed by atoms with Crippen LogP contribution in [0.1, 0.15) is 28.9 Å². The molecule has 1 aromatic carbocycles. The minimum absolute atomic E-state index is 0.0000387. The maximum absolute atomic E-state index is 12.5. The second-order valence-corrected chi connectivity index (χ2v) is 7.34. The number of hydrogen-bond donors (Lipinski definition) is 2. The molecule has 0 aliphatic carbocycles. The number of carbonyl (C=O) groups is 2. The molecule has 2 N–H and O–H groups in total. The molecule has 0 fully saturated rings. The van der Waals surface area contributed by atoms with Crippen molar-refractivity contribution >= 4 is 27.5 Å². The van der Waals surface area contributed by atoms with E-state index in [-0.39, 0.29) is 16.5 Å². The molecule has 1 aromatic heterocycles. The van der Waals surface area contributed by atoms with E-state index in [0.717, 1.165) is 5.56 Å². The van der Waals surface area contributed by atoms with Crippen LogP contribution in [0.2, 0.25) is 0 Å². The third kappa shape index (κ3) is 3.18. The van der Waals surface area contributed by atoms with Gasteiger partial charge in [-0.15, -0.1) is 0 Å². The van der Waals surface area contributed by atoms with E-state index in [9.17, 15) is 18.0 Å². The molecule has 0 atom stereocenters. The predicted octanol–water partition coefficient (Wildman–Crippen LogP) is 1.42. The Morgan fingerprint density at radius 3 is 2.75 bits per heavy atom. The predicted molar refractivity (Wildman–Crippen MR) is 88.1 cm³/mol. The van der Waals surface area contributed by atoms with Crippen LogP contribution in [-0.2, 0) is 28.3 Å². The number of anilines is 1. The Labute approximate surface area is 139 Å². The molecule has 0 saturated carbocycles. The van der Waals surface area contributed by atoms with E-state index in [2.05, 4.69) is 10.0 Å². The average molecular weight is 347 g/mol. The van der Waals surface area contributed by atoms with Crippen LogP contribution in [0, 0.1) is 0 Å². The van der Waals surface area contributed by atoms with Crippen LogP contribution in [0.25, 0.3) is 0 Å². The van der Waals surface area contributed by atoms with Crippen molar-refractivity contribution in [1.82, 2.24) is 9.29 Å². The second-order valence-electron chi connectivity index (χ2n) is 5.66. The maximum Gasteiger partial charge on any atom is 0.281 e. The van der Waals surface area contributed by atoms with Crippen LogP contribution in [0.5, 0.6) is 0 Å². The summed E-state index contributed by atoms with van der Waals surface area (Å²) in [6.45, 7) is 0. The highest BCUT2D eigenvalue weighted by atomic mass is 32.2. The van der Waals surface area contributed by atoms with Gasteiger partial charge in [-0.25, -0.2) is 13.1 Å². The molecule has 0 unspecified atom stereocenters. The molecule has 126 valence electrons. The summed E-state index contributed by atoms with van der Waals surface area (Å²) in [4.78, 5) is 23.7. The summed E-state index contributed by atoms with van der Waals surface area (Å²) >= 11 is 0. The van der Waals surface area contributed by atoms with Crippen LogP contribution in [0.3, 0.4) is 0 Å². The molecular formula is C16H17N3O4S. The Morgan fingerprint density at radius 1 is 1.25 bits per heavy atom. The first-order valence-electron chi connectivity index (χ1n) is 7.48. The fraction of sp³-hybridized carbons (Fsp3) is 0.250. The molecule has 0 saturated heterocycles. The van der Waals surface area contributed by atoms with Gasteiger partial charge >= 0.3 is 0 Å². The molecule has 0 bridgehead atoms. The lowest BCUT2D eigenvalue weighted by Crippen LogP contribution is -2.31.